The number of Topliss-reactive ketones (excluding diaryl/α,β-unsaturated/α-hetero) is 1. The maximum Gasteiger partial charge on any atom is 0.472 e. The zero-order valence-corrected chi connectivity index (χ0v) is 59.8. The van der Waals surface area contributed by atoms with Gasteiger partial charge in [-0.2, -0.15) is 0 Å². The SMILES string of the molecule is CCCCCC/C=C\CCCCCCCCCC(=O)N[C@@H]1[C@@H](OCC[C@@H](CCCCCCC)OC)[C@H](O)[C@@H](CCO)C[C@H]1OC.CCCCCCCCCCCC(=O)CC(=O)N[C@H]1[C@@H](OP(=O)(O)O)OC(CC)[C@@H](O)[C@@H]1OCCCCCCCCCC.O=POO. The third kappa shape index (κ3) is 47.7. The summed E-state index contributed by atoms with van der Waals surface area (Å²) in [6, 6.07) is -1.62. The van der Waals surface area contributed by atoms with Crippen molar-refractivity contribution in [2.24, 2.45) is 5.92 Å². The van der Waals surface area contributed by atoms with Crippen LogP contribution in [0.2, 0.25) is 0 Å². The molecule has 8 N–H and O–H groups in total. The summed E-state index contributed by atoms with van der Waals surface area (Å²) in [5.74, 6) is -0.970. The summed E-state index contributed by atoms with van der Waals surface area (Å²) < 4.78 is 57.8. The van der Waals surface area contributed by atoms with Gasteiger partial charge in [0.2, 0.25) is 11.8 Å². The second-order valence-corrected chi connectivity index (χ2v) is 26.8. The molecular formula is C69H134N2O18P2. The topological polar surface area (TPSA) is 295 Å². The van der Waals surface area contributed by atoms with Crippen LogP contribution in [0.1, 0.15) is 311 Å². The molecule has 22 heteroatoms. The maximum absolute atomic E-state index is 13.0. The molecule has 2 aliphatic rings. The van der Waals surface area contributed by atoms with Gasteiger partial charge in [0.05, 0.1) is 36.9 Å². The van der Waals surface area contributed by atoms with Gasteiger partial charge in [0.15, 0.2) is 6.29 Å². The molecule has 1 unspecified atom stereocenters. The van der Waals surface area contributed by atoms with Crippen LogP contribution in [0.5, 0.6) is 0 Å². The Labute approximate surface area is 553 Å². The van der Waals surface area contributed by atoms with Crippen molar-refractivity contribution in [2.45, 2.75) is 372 Å². The van der Waals surface area contributed by atoms with Crippen LogP contribution in [0.25, 0.3) is 0 Å². The number of nitrogens with one attached hydrogen (secondary N) is 2. The highest BCUT2D eigenvalue weighted by Gasteiger charge is 2.49. The number of methoxy groups -OCH3 is 2. The Morgan fingerprint density at radius 2 is 1.04 bits per heavy atom. The number of hydrogen-bond donors (Lipinski definition) is 8. The predicted molar refractivity (Wildman–Crippen MR) is 362 cm³/mol. The lowest BCUT2D eigenvalue weighted by Gasteiger charge is -2.44. The Balaban J connectivity index is 0.00000168. The van der Waals surface area contributed by atoms with E-state index in [2.05, 4.69) is 55.2 Å². The van der Waals surface area contributed by atoms with E-state index in [9.17, 15) is 44.1 Å². The van der Waals surface area contributed by atoms with Crippen LogP contribution < -0.4 is 10.6 Å². The molecule has 1 saturated heterocycles. The third-order valence-corrected chi connectivity index (χ3v) is 18.1. The monoisotopic (exact) mass is 1340 g/mol. The van der Waals surface area contributed by atoms with Crippen LogP contribution in [0, 0.1) is 5.92 Å². The van der Waals surface area contributed by atoms with E-state index < -0.39 is 71.3 Å². The number of phosphoric acid groups is 1. The van der Waals surface area contributed by atoms with E-state index in [0.29, 0.717) is 45.3 Å². The van der Waals surface area contributed by atoms with E-state index in [1.54, 1.807) is 21.1 Å². The largest absolute Gasteiger partial charge is 0.472 e. The van der Waals surface area contributed by atoms with Gasteiger partial charge in [0, 0.05) is 46.9 Å². The number of allylic oxidation sites excluding steroid dienone is 2. The molecule has 1 heterocycles. The fraction of sp³-hybridized carbons (Fsp3) is 0.928. The van der Waals surface area contributed by atoms with E-state index >= 15 is 0 Å². The summed E-state index contributed by atoms with van der Waals surface area (Å²) in [5.41, 5.74) is 0. The third-order valence-electron chi connectivity index (χ3n) is 17.5. The molecule has 0 aromatic rings. The first-order valence-corrected chi connectivity index (χ1v) is 38.4. The van der Waals surface area contributed by atoms with Crippen LogP contribution in [-0.4, -0.2) is 143 Å². The van der Waals surface area contributed by atoms with Gasteiger partial charge >= 0.3 is 16.5 Å². The highest BCUT2D eigenvalue weighted by atomic mass is 31.2. The lowest BCUT2D eigenvalue weighted by atomic mass is 9.77. The number of carbonyl (C=O) groups excluding carboxylic acids is 3. The van der Waals surface area contributed by atoms with Gasteiger partial charge in [-0.05, 0) is 83.0 Å². The molecule has 1 aliphatic heterocycles. The first-order chi connectivity index (χ1) is 44.1. The molecule has 0 radical (unpaired) electrons. The zero-order valence-electron chi connectivity index (χ0n) is 58.0. The van der Waals surface area contributed by atoms with E-state index in [4.69, 9.17) is 38.0 Å². The number of unbranched alkanes of at least 4 members (excludes halogenated alkanes) is 30. The first kappa shape index (κ1) is 89.2. The Morgan fingerprint density at radius 1 is 0.593 bits per heavy atom. The Morgan fingerprint density at radius 3 is 1.53 bits per heavy atom. The van der Waals surface area contributed by atoms with Crippen molar-refractivity contribution in [1.29, 1.82) is 0 Å². The molecule has 1 saturated carbocycles. The number of ether oxygens (including phenoxy) is 5. The number of aliphatic hydroxyl groups excluding tert-OH is 3. The van der Waals surface area contributed by atoms with E-state index in [1.165, 1.54) is 148 Å². The van der Waals surface area contributed by atoms with Crippen molar-refractivity contribution in [2.75, 3.05) is 34.0 Å². The van der Waals surface area contributed by atoms with Crippen LogP contribution in [0.3, 0.4) is 0 Å². The minimum absolute atomic E-state index is 0.00191. The van der Waals surface area contributed by atoms with Gasteiger partial charge in [-0.15, -0.1) is 4.67 Å². The fourth-order valence-corrected chi connectivity index (χ4v) is 12.5. The standard InChI is InChI=1S/C38H73NO6.C31H60NO9P.HO3P/c1-5-7-9-11-12-13-14-15-16-17-18-19-20-22-24-26-35(41)39-36-34(44-4)31-32(27-29-40)37(42)38(36)45-30-28-33(43-3)25-23-21-10-8-6-2;1-4-7-9-11-13-15-16-18-20-22-25(33)24-27(34)32-28-30(39-23-21-19-17-14-12-10-8-5-2)29(35)26(6-3)40-31(28)41-42(36,37)38;1-3-4-2/h13-14,32-34,36-38,40,42H,5-12,15-31H2,1-4H3,(H,39,41);26,28-31,35H,4-24H2,1-3H3,(H,32,34)(H2,36,37,38);1H/b14-13-;;/t32-,33+,34+,36-,37+,38+;26?,28-,29-,30-,31-;/m01./s1. The summed E-state index contributed by atoms with van der Waals surface area (Å²) in [4.78, 5) is 57.3. The average Bonchev–Trinajstić information content (AvgIpc) is 1.16. The number of amides is 2. The minimum Gasteiger partial charge on any atom is -0.396 e. The summed E-state index contributed by atoms with van der Waals surface area (Å²) in [5, 5.41) is 44.6. The van der Waals surface area contributed by atoms with Crippen LogP contribution in [-0.2, 0) is 56.4 Å². The summed E-state index contributed by atoms with van der Waals surface area (Å²) in [7, 11) is -2.28. The fourth-order valence-electron chi connectivity index (χ4n) is 12.1. The molecule has 20 nitrogen and oxygen atoms in total. The number of phosphoric ester groups is 1. The second kappa shape index (κ2) is 61.7. The molecule has 91 heavy (non-hydrogen) atoms. The molecule has 11 atom stereocenters. The van der Waals surface area contributed by atoms with Crippen molar-refractivity contribution in [1.82, 2.24) is 10.6 Å². The molecule has 1 aliphatic carbocycles. The Bertz CT molecular complexity index is 1790. The number of aliphatic hydroxyl groups is 3. The van der Waals surface area contributed by atoms with Gasteiger partial charge in [0.1, 0.15) is 30.1 Å². The number of hydrogen-bond acceptors (Lipinski definition) is 16. The quantitative estimate of drug-likeness (QED) is 0.00701. The van der Waals surface area contributed by atoms with E-state index in [1.807, 2.05) is 0 Å². The second-order valence-electron chi connectivity index (χ2n) is 25.3. The molecule has 0 spiro atoms. The lowest BCUT2D eigenvalue weighted by molar-refractivity contribution is -0.250. The van der Waals surface area contributed by atoms with Gasteiger partial charge in [-0.1, -0.05) is 227 Å². The average molecular weight is 1340 g/mol. The minimum atomic E-state index is -4.99. The Hall–Kier alpha value is -1.84. The molecule has 0 aromatic carbocycles. The number of ketones is 1. The highest BCUT2D eigenvalue weighted by molar-refractivity contribution is 7.46. The zero-order chi connectivity index (χ0) is 67.6. The van der Waals surface area contributed by atoms with Gasteiger partial charge < -0.3 is 59.4 Å². The van der Waals surface area contributed by atoms with Crippen molar-refractivity contribution in [3.63, 3.8) is 0 Å². The van der Waals surface area contributed by atoms with E-state index in [-0.39, 0.29) is 42.8 Å². The van der Waals surface area contributed by atoms with E-state index in [0.717, 1.165) is 89.9 Å². The molecule has 0 bridgehead atoms. The lowest BCUT2D eigenvalue weighted by Crippen LogP contribution is -2.64. The van der Waals surface area contributed by atoms with Crippen LogP contribution in [0.4, 0.5) is 0 Å². The molecule has 0 aromatic heterocycles. The number of rotatable bonds is 57. The van der Waals surface area contributed by atoms with Gasteiger partial charge in [-0.25, -0.2) is 14.4 Å². The normalized spacial score (nSPS) is 22.1. The summed E-state index contributed by atoms with van der Waals surface area (Å²) in [6.45, 7) is 11.4. The number of carbonyl (C=O) groups is 3. The van der Waals surface area contributed by atoms with Crippen molar-refractivity contribution < 1.29 is 86.8 Å². The Kier molecular flexibility index (Phi) is 60.5. The van der Waals surface area contributed by atoms with Crippen LogP contribution in [0.15, 0.2) is 12.2 Å². The predicted octanol–water partition coefficient (Wildman–Crippen LogP) is 15.6. The van der Waals surface area contributed by atoms with Crippen molar-refractivity contribution in [3.8, 4) is 0 Å². The maximum atomic E-state index is 13.0. The molecule has 2 fully saturated rings. The van der Waals surface area contributed by atoms with Crippen molar-refractivity contribution >= 4 is 34.1 Å². The first-order valence-electron chi connectivity index (χ1n) is 36.1. The molecular weight excluding hydrogens is 1210 g/mol. The highest BCUT2D eigenvalue weighted by Crippen LogP contribution is 2.41. The summed E-state index contributed by atoms with van der Waals surface area (Å²) in [6.07, 6.45) is 43.3. The molecule has 2 rings (SSSR count). The summed E-state index contributed by atoms with van der Waals surface area (Å²) >= 11 is 0. The smallest absolute Gasteiger partial charge is 0.396 e. The van der Waals surface area contributed by atoms with Gasteiger partial charge in [0.25, 0.3) is 0 Å². The van der Waals surface area contributed by atoms with Crippen LogP contribution >= 0.6 is 16.5 Å². The van der Waals surface area contributed by atoms with Crippen molar-refractivity contribution in [3.05, 3.63) is 12.2 Å². The molecule has 538 valence electrons. The van der Waals surface area contributed by atoms with Gasteiger partial charge in [-0.3, -0.25) is 18.9 Å². The molecule has 2 amide bonds.